The minimum absolute atomic E-state index is 0.256. The van der Waals surface area contributed by atoms with Crippen molar-refractivity contribution in [3.63, 3.8) is 0 Å². The summed E-state index contributed by atoms with van der Waals surface area (Å²) in [4.78, 5) is 0. The van der Waals surface area contributed by atoms with Crippen molar-refractivity contribution in [2.24, 2.45) is 11.8 Å². The SMILES string of the molecule is CC1CC(C(Cc2ccn(C3CCCC3)n2)NN)CO1. The van der Waals surface area contributed by atoms with Gasteiger partial charge in [-0.25, -0.2) is 0 Å². The molecule has 1 aromatic rings. The Morgan fingerprint density at radius 3 is 2.95 bits per heavy atom. The second kappa shape index (κ2) is 6.24. The van der Waals surface area contributed by atoms with Crippen molar-refractivity contribution in [2.45, 2.75) is 63.6 Å². The van der Waals surface area contributed by atoms with E-state index in [0.29, 0.717) is 18.1 Å². The van der Waals surface area contributed by atoms with Crippen LogP contribution in [0.25, 0.3) is 0 Å². The third kappa shape index (κ3) is 3.05. The molecule has 1 aliphatic carbocycles. The van der Waals surface area contributed by atoms with E-state index in [9.17, 15) is 0 Å². The van der Waals surface area contributed by atoms with Gasteiger partial charge >= 0.3 is 0 Å². The van der Waals surface area contributed by atoms with Gasteiger partial charge in [-0.05, 0) is 32.3 Å². The van der Waals surface area contributed by atoms with Gasteiger partial charge in [0.25, 0.3) is 0 Å². The standard InChI is InChI=1S/C15H26N4O/c1-11-8-12(10-20-11)15(17-16)9-13-6-7-19(18-13)14-4-2-3-5-14/h6-7,11-12,14-15,17H,2-5,8-10,16H2,1H3. The molecule has 2 aliphatic rings. The highest BCUT2D eigenvalue weighted by molar-refractivity contribution is 5.04. The average molecular weight is 278 g/mol. The van der Waals surface area contributed by atoms with Gasteiger partial charge in [0.15, 0.2) is 0 Å². The molecule has 3 N–H and O–H groups in total. The van der Waals surface area contributed by atoms with Crippen LogP contribution in [-0.2, 0) is 11.2 Å². The second-order valence-corrected chi connectivity index (χ2v) is 6.34. The molecule has 2 heterocycles. The van der Waals surface area contributed by atoms with E-state index in [-0.39, 0.29) is 6.04 Å². The van der Waals surface area contributed by atoms with Crippen molar-refractivity contribution < 1.29 is 4.74 Å². The summed E-state index contributed by atoms with van der Waals surface area (Å²) < 4.78 is 7.81. The first-order chi connectivity index (χ1) is 9.76. The number of hydrogen-bond donors (Lipinski definition) is 2. The van der Waals surface area contributed by atoms with E-state index in [2.05, 4.69) is 29.3 Å². The fourth-order valence-corrected chi connectivity index (χ4v) is 3.58. The van der Waals surface area contributed by atoms with Crippen LogP contribution in [0.5, 0.6) is 0 Å². The molecule has 3 rings (SSSR count). The smallest absolute Gasteiger partial charge is 0.0640 e. The molecular formula is C15H26N4O. The van der Waals surface area contributed by atoms with Crippen LogP contribution >= 0.6 is 0 Å². The zero-order valence-electron chi connectivity index (χ0n) is 12.3. The number of aromatic nitrogens is 2. The van der Waals surface area contributed by atoms with Gasteiger partial charge in [-0.2, -0.15) is 5.10 Å². The fraction of sp³-hybridized carbons (Fsp3) is 0.800. The van der Waals surface area contributed by atoms with Gasteiger partial charge in [0.1, 0.15) is 0 Å². The number of rotatable bonds is 5. The molecule has 3 atom stereocenters. The molecule has 112 valence electrons. The highest BCUT2D eigenvalue weighted by Crippen LogP contribution is 2.29. The van der Waals surface area contributed by atoms with E-state index in [1.54, 1.807) is 0 Å². The van der Waals surface area contributed by atoms with Gasteiger partial charge in [0.2, 0.25) is 0 Å². The van der Waals surface area contributed by atoms with Crippen LogP contribution in [0, 0.1) is 5.92 Å². The van der Waals surface area contributed by atoms with Crippen LogP contribution in [0.1, 0.15) is 50.8 Å². The zero-order valence-corrected chi connectivity index (χ0v) is 12.3. The monoisotopic (exact) mass is 278 g/mol. The maximum Gasteiger partial charge on any atom is 0.0640 e. The van der Waals surface area contributed by atoms with Gasteiger partial charge in [-0.3, -0.25) is 16.0 Å². The molecule has 5 heteroatoms. The Bertz CT molecular complexity index is 427. The lowest BCUT2D eigenvalue weighted by molar-refractivity contribution is 0.116. The first kappa shape index (κ1) is 14.0. The Kier molecular flexibility index (Phi) is 4.38. The lowest BCUT2D eigenvalue weighted by atomic mass is 9.94. The highest BCUT2D eigenvalue weighted by Gasteiger charge is 2.29. The topological polar surface area (TPSA) is 65.1 Å². The Hall–Kier alpha value is -0.910. The van der Waals surface area contributed by atoms with Crippen LogP contribution in [-0.4, -0.2) is 28.5 Å². The largest absolute Gasteiger partial charge is 0.378 e. The molecule has 0 radical (unpaired) electrons. The second-order valence-electron chi connectivity index (χ2n) is 6.34. The molecule has 0 aromatic carbocycles. The van der Waals surface area contributed by atoms with Gasteiger partial charge < -0.3 is 4.74 Å². The van der Waals surface area contributed by atoms with E-state index in [1.807, 2.05) is 0 Å². The van der Waals surface area contributed by atoms with Gasteiger partial charge in [0.05, 0.1) is 24.4 Å². The third-order valence-corrected chi connectivity index (χ3v) is 4.80. The normalized spacial score (nSPS) is 29.1. The summed E-state index contributed by atoms with van der Waals surface area (Å²) >= 11 is 0. The summed E-state index contributed by atoms with van der Waals surface area (Å²) in [5.41, 5.74) is 4.10. The maximum atomic E-state index is 5.73. The molecule has 5 nitrogen and oxygen atoms in total. The zero-order chi connectivity index (χ0) is 13.9. The molecule has 0 amide bonds. The Balaban J connectivity index is 1.61. The van der Waals surface area contributed by atoms with Crippen LogP contribution in [0.2, 0.25) is 0 Å². The lowest BCUT2D eigenvalue weighted by Crippen LogP contribution is -2.43. The molecule has 1 aliphatic heterocycles. The molecule has 1 saturated carbocycles. The number of nitrogens with one attached hydrogen (secondary N) is 1. The first-order valence-electron chi connectivity index (χ1n) is 7.88. The van der Waals surface area contributed by atoms with E-state index in [1.165, 1.54) is 25.7 Å². The van der Waals surface area contributed by atoms with Crippen molar-refractivity contribution in [1.29, 1.82) is 0 Å². The first-order valence-corrected chi connectivity index (χ1v) is 7.88. The van der Waals surface area contributed by atoms with Crippen molar-refractivity contribution in [1.82, 2.24) is 15.2 Å². The van der Waals surface area contributed by atoms with Gasteiger partial charge in [-0.1, -0.05) is 12.8 Å². The predicted octanol–water partition coefficient (Wildman–Crippen LogP) is 1.80. The molecule has 20 heavy (non-hydrogen) atoms. The average Bonchev–Trinajstić information content (AvgIpc) is 3.16. The summed E-state index contributed by atoms with van der Waals surface area (Å²) in [5, 5.41) is 4.75. The van der Waals surface area contributed by atoms with E-state index >= 15 is 0 Å². The van der Waals surface area contributed by atoms with E-state index in [0.717, 1.165) is 25.1 Å². The maximum absolute atomic E-state index is 5.73. The highest BCUT2D eigenvalue weighted by atomic mass is 16.5. The van der Waals surface area contributed by atoms with Crippen LogP contribution in [0.4, 0.5) is 0 Å². The van der Waals surface area contributed by atoms with Crippen LogP contribution < -0.4 is 11.3 Å². The number of nitrogens with zero attached hydrogens (tertiary/aromatic N) is 2. The third-order valence-electron chi connectivity index (χ3n) is 4.80. The summed E-state index contributed by atoms with van der Waals surface area (Å²) in [5.74, 6) is 6.23. The number of ether oxygens (including phenoxy) is 1. The number of nitrogens with two attached hydrogens (primary N) is 1. The van der Waals surface area contributed by atoms with Crippen molar-refractivity contribution >= 4 is 0 Å². The lowest BCUT2D eigenvalue weighted by Gasteiger charge is -2.20. The van der Waals surface area contributed by atoms with E-state index < -0.39 is 0 Å². The quantitative estimate of drug-likeness (QED) is 0.637. The van der Waals surface area contributed by atoms with Crippen molar-refractivity contribution in [2.75, 3.05) is 6.61 Å². The van der Waals surface area contributed by atoms with Crippen molar-refractivity contribution in [3.05, 3.63) is 18.0 Å². The summed E-state index contributed by atoms with van der Waals surface area (Å²) in [7, 11) is 0. The Morgan fingerprint density at radius 2 is 2.30 bits per heavy atom. The molecule has 0 bridgehead atoms. The van der Waals surface area contributed by atoms with E-state index in [4.69, 9.17) is 15.7 Å². The number of hydrogen-bond acceptors (Lipinski definition) is 4. The molecule has 1 aromatic heterocycles. The summed E-state index contributed by atoms with van der Waals surface area (Å²) in [6.07, 6.45) is 9.67. The van der Waals surface area contributed by atoms with Crippen molar-refractivity contribution in [3.8, 4) is 0 Å². The van der Waals surface area contributed by atoms with Crippen LogP contribution in [0.15, 0.2) is 12.3 Å². The minimum atomic E-state index is 0.256. The molecule has 2 fully saturated rings. The summed E-state index contributed by atoms with van der Waals surface area (Å²) in [6.45, 7) is 2.93. The molecule has 0 spiro atoms. The van der Waals surface area contributed by atoms with Gasteiger partial charge in [-0.15, -0.1) is 0 Å². The molecule has 1 saturated heterocycles. The molecular weight excluding hydrogens is 252 g/mol. The Morgan fingerprint density at radius 1 is 1.50 bits per heavy atom. The number of hydrazine groups is 1. The Labute approximate surface area is 120 Å². The predicted molar refractivity (Wildman–Crippen MR) is 78.1 cm³/mol. The molecule has 3 unspecified atom stereocenters. The van der Waals surface area contributed by atoms with Gasteiger partial charge in [0, 0.05) is 24.6 Å². The fourth-order valence-electron chi connectivity index (χ4n) is 3.58. The van der Waals surface area contributed by atoms with Crippen LogP contribution in [0.3, 0.4) is 0 Å². The minimum Gasteiger partial charge on any atom is -0.378 e. The summed E-state index contributed by atoms with van der Waals surface area (Å²) in [6, 6.07) is 3.01.